The zero-order valence-corrected chi connectivity index (χ0v) is 22.7. The minimum atomic E-state index is -2.03. The van der Waals surface area contributed by atoms with Crippen molar-refractivity contribution in [3.05, 3.63) is 11.8 Å². The third kappa shape index (κ3) is 4.39. The maximum Gasteiger partial charge on any atom is 0.250 e. The van der Waals surface area contributed by atoms with Gasteiger partial charge in [0.1, 0.15) is 18.7 Å². The Labute approximate surface area is 195 Å². The molecule has 6 heteroatoms. The summed E-state index contributed by atoms with van der Waals surface area (Å²) in [4.78, 5) is 27.2. The number of carbonyl (C=O) groups excluding carboxylic acids is 2. The Morgan fingerprint density at radius 2 is 1.78 bits per heavy atom. The summed E-state index contributed by atoms with van der Waals surface area (Å²) >= 11 is 0. The molecular weight excluding hydrogens is 420 g/mol. The van der Waals surface area contributed by atoms with Crippen LogP contribution in [0.25, 0.3) is 0 Å². The molecule has 32 heavy (non-hydrogen) atoms. The van der Waals surface area contributed by atoms with E-state index in [0.29, 0.717) is 25.7 Å². The van der Waals surface area contributed by atoms with Gasteiger partial charge < -0.3 is 13.9 Å². The average molecular weight is 465 g/mol. The number of allylic oxidation sites excluding steroid dienone is 2. The quantitative estimate of drug-likeness (QED) is 0.375. The Balaban J connectivity index is 2.00. The number of carbonyl (C=O) groups is 2. The molecule has 0 saturated heterocycles. The molecule has 182 valence electrons. The van der Waals surface area contributed by atoms with Crippen molar-refractivity contribution in [2.75, 3.05) is 13.9 Å². The molecule has 0 aromatic carbocycles. The lowest BCUT2D eigenvalue weighted by Crippen LogP contribution is -2.55. The lowest BCUT2D eigenvalue weighted by atomic mass is 9.52. The molecule has 5 atom stereocenters. The molecule has 2 bridgehead atoms. The summed E-state index contributed by atoms with van der Waals surface area (Å²) < 4.78 is 17.7. The van der Waals surface area contributed by atoms with E-state index in [4.69, 9.17) is 13.9 Å². The minimum Gasteiger partial charge on any atom is -0.547 e. The van der Waals surface area contributed by atoms with Crippen molar-refractivity contribution in [2.45, 2.75) is 97.9 Å². The first kappa shape index (κ1) is 25.6. The summed E-state index contributed by atoms with van der Waals surface area (Å²) in [6.45, 7) is 18.0. The fraction of sp³-hybridized carbons (Fsp3) is 0.846. The lowest BCUT2D eigenvalue weighted by Gasteiger charge is -2.53. The number of ketones is 2. The molecule has 2 fully saturated rings. The first-order chi connectivity index (χ1) is 14.6. The Bertz CT molecular complexity index is 778. The molecule has 0 heterocycles. The van der Waals surface area contributed by atoms with E-state index in [0.717, 1.165) is 12.2 Å². The number of hydrogen-bond donors (Lipinski definition) is 0. The summed E-state index contributed by atoms with van der Waals surface area (Å²) in [5.41, 5.74) is -0.722. The van der Waals surface area contributed by atoms with Crippen LogP contribution in [0, 0.1) is 28.6 Å². The van der Waals surface area contributed by atoms with Crippen molar-refractivity contribution in [3.8, 4) is 0 Å². The Hall–Kier alpha value is -0.983. The van der Waals surface area contributed by atoms with Crippen LogP contribution >= 0.6 is 0 Å². The SMILES string of the molecule is COCO[C@H]1CC[C@@]2(C)C(=O)CC3CC=C(O[Si](C)(C)C(C)(C)C)C(C[C@H]2C1=O)C3(C)C. The molecule has 0 N–H and O–H groups in total. The summed E-state index contributed by atoms with van der Waals surface area (Å²) in [5, 5.41) is 0.0979. The predicted octanol–water partition coefficient (Wildman–Crippen LogP) is 5.89. The molecule has 0 radical (unpaired) electrons. The van der Waals surface area contributed by atoms with Crippen LogP contribution in [0.2, 0.25) is 18.1 Å². The first-order valence-electron chi connectivity index (χ1n) is 12.2. The fourth-order valence-electron chi connectivity index (χ4n) is 5.69. The van der Waals surface area contributed by atoms with Crippen LogP contribution in [0.3, 0.4) is 0 Å². The molecule has 3 aliphatic rings. The van der Waals surface area contributed by atoms with E-state index in [2.05, 4.69) is 53.8 Å². The molecule has 3 rings (SSSR count). The van der Waals surface area contributed by atoms with Crippen molar-refractivity contribution in [1.82, 2.24) is 0 Å². The minimum absolute atomic E-state index is 0.0654. The highest BCUT2D eigenvalue weighted by molar-refractivity contribution is 6.74. The van der Waals surface area contributed by atoms with Crippen LogP contribution in [0.1, 0.15) is 73.6 Å². The van der Waals surface area contributed by atoms with Gasteiger partial charge in [0.15, 0.2) is 5.78 Å². The monoisotopic (exact) mass is 464 g/mol. The number of Topliss-reactive ketones (excluding diaryl/α,β-unsaturated/α-hetero) is 2. The maximum atomic E-state index is 13.6. The van der Waals surface area contributed by atoms with Crippen LogP contribution in [0.5, 0.6) is 0 Å². The van der Waals surface area contributed by atoms with Gasteiger partial charge in [-0.3, -0.25) is 9.59 Å². The number of ether oxygens (including phenoxy) is 2. The molecule has 2 unspecified atom stereocenters. The first-order valence-corrected chi connectivity index (χ1v) is 15.1. The van der Waals surface area contributed by atoms with Crippen molar-refractivity contribution < 1.29 is 23.5 Å². The molecule has 0 aliphatic heterocycles. The van der Waals surface area contributed by atoms with E-state index in [1.54, 1.807) is 7.11 Å². The second kappa shape index (κ2) is 8.66. The second-order valence-corrected chi connectivity index (χ2v) is 17.3. The third-order valence-electron chi connectivity index (χ3n) is 9.36. The largest absolute Gasteiger partial charge is 0.547 e. The van der Waals surface area contributed by atoms with Crippen LogP contribution in [0.15, 0.2) is 11.8 Å². The molecule has 5 nitrogen and oxygen atoms in total. The van der Waals surface area contributed by atoms with E-state index in [9.17, 15) is 9.59 Å². The second-order valence-electron chi connectivity index (χ2n) is 12.6. The van der Waals surface area contributed by atoms with Crippen molar-refractivity contribution >= 4 is 19.9 Å². The molecule has 3 aliphatic carbocycles. The van der Waals surface area contributed by atoms with Crippen LogP contribution in [-0.2, 0) is 23.5 Å². The Kier molecular flexibility index (Phi) is 6.94. The average Bonchev–Trinajstić information content (AvgIpc) is 2.66. The van der Waals surface area contributed by atoms with Gasteiger partial charge in [0.25, 0.3) is 0 Å². The Morgan fingerprint density at radius 1 is 1.12 bits per heavy atom. The zero-order chi connectivity index (χ0) is 24.1. The van der Waals surface area contributed by atoms with Gasteiger partial charge in [0.05, 0.1) is 5.76 Å². The van der Waals surface area contributed by atoms with E-state index in [1.807, 2.05) is 6.92 Å². The molecule has 0 spiro atoms. The number of rotatable bonds is 5. The number of methoxy groups -OCH3 is 1. The van der Waals surface area contributed by atoms with Gasteiger partial charge in [-0.15, -0.1) is 0 Å². The van der Waals surface area contributed by atoms with Gasteiger partial charge in [-0.25, -0.2) is 0 Å². The van der Waals surface area contributed by atoms with E-state index < -0.39 is 19.8 Å². The van der Waals surface area contributed by atoms with Gasteiger partial charge >= 0.3 is 0 Å². The molecular formula is C26H44O5Si. The van der Waals surface area contributed by atoms with Gasteiger partial charge in [-0.1, -0.05) is 41.5 Å². The normalized spacial score (nSPS) is 35.5. The van der Waals surface area contributed by atoms with Crippen molar-refractivity contribution in [1.29, 1.82) is 0 Å². The van der Waals surface area contributed by atoms with Crippen molar-refractivity contribution in [3.63, 3.8) is 0 Å². The van der Waals surface area contributed by atoms with Crippen LogP contribution in [0.4, 0.5) is 0 Å². The Morgan fingerprint density at radius 3 is 2.38 bits per heavy atom. The smallest absolute Gasteiger partial charge is 0.250 e. The topological polar surface area (TPSA) is 61.8 Å². The van der Waals surface area contributed by atoms with Crippen LogP contribution < -0.4 is 0 Å². The van der Waals surface area contributed by atoms with E-state index >= 15 is 0 Å². The molecule has 0 amide bonds. The summed E-state index contributed by atoms with van der Waals surface area (Å²) in [5.74, 6) is 1.43. The highest BCUT2D eigenvalue weighted by atomic mass is 28.4. The van der Waals surface area contributed by atoms with Crippen LogP contribution in [-0.4, -0.2) is 39.9 Å². The molecule has 2 saturated carbocycles. The number of fused-ring (bicyclic) bond motifs is 3. The van der Waals surface area contributed by atoms with Gasteiger partial charge in [-0.05, 0) is 61.2 Å². The zero-order valence-electron chi connectivity index (χ0n) is 21.7. The number of hydrogen-bond acceptors (Lipinski definition) is 5. The van der Waals surface area contributed by atoms with E-state index in [-0.39, 0.29) is 46.6 Å². The summed E-state index contributed by atoms with van der Waals surface area (Å²) in [7, 11) is -0.459. The lowest BCUT2D eigenvalue weighted by molar-refractivity contribution is -0.165. The van der Waals surface area contributed by atoms with E-state index in [1.165, 1.54) is 0 Å². The predicted molar refractivity (Wildman–Crippen MR) is 129 cm³/mol. The highest BCUT2D eigenvalue weighted by Crippen LogP contribution is 2.57. The summed E-state index contributed by atoms with van der Waals surface area (Å²) in [6.07, 6.45) is 5.09. The van der Waals surface area contributed by atoms with Gasteiger partial charge in [-0.2, -0.15) is 0 Å². The van der Waals surface area contributed by atoms with Gasteiger partial charge in [0, 0.05) is 30.8 Å². The van der Waals surface area contributed by atoms with Gasteiger partial charge in [0.2, 0.25) is 8.32 Å². The summed E-state index contributed by atoms with van der Waals surface area (Å²) in [6, 6.07) is 0. The fourth-order valence-corrected chi connectivity index (χ4v) is 6.81. The molecule has 0 aromatic rings. The molecule has 0 aromatic heterocycles. The highest BCUT2D eigenvalue weighted by Gasteiger charge is 2.57. The standard InChI is InChI=1S/C26H44O5Si/c1-24(2,3)32(8,9)31-20-11-10-17-14-22(27)26(6)13-12-21(30-16-29-7)23(28)19(26)15-18(20)25(17,4)5/h11,17-19,21H,10,12-16H2,1-9H3/t17?,18?,19-,21-,26+/m0/s1. The maximum absolute atomic E-state index is 13.6. The van der Waals surface area contributed by atoms with Crippen molar-refractivity contribution in [2.24, 2.45) is 28.6 Å². The third-order valence-corrected chi connectivity index (χ3v) is 13.7.